The van der Waals surface area contributed by atoms with Crippen molar-refractivity contribution in [2.75, 3.05) is 5.33 Å². The third-order valence-corrected chi connectivity index (χ3v) is 1.82. The van der Waals surface area contributed by atoms with Crippen LogP contribution in [0.2, 0.25) is 0 Å². The lowest BCUT2D eigenvalue weighted by Crippen LogP contribution is -1.85. The van der Waals surface area contributed by atoms with Gasteiger partial charge >= 0.3 is 0 Å². The summed E-state index contributed by atoms with van der Waals surface area (Å²) < 4.78 is 0. The Kier molecular flexibility index (Phi) is 2.28. The number of nitrogens with zero attached hydrogens (tertiary/aromatic N) is 2. The van der Waals surface area contributed by atoms with Gasteiger partial charge in [0.1, 0.15) is 11.2 Å². The highest BCUT2D eigenvalue weighted by molar-refractivity contribution is 9.09. The Morgan fingerprint density at radius 3 is 3.31 bits per heavy atom. The average Bonchev–Trinajstić information content (AvgIpc) is 2.61. The molecule has 0 radical (unpaired) electrons. The van der Waals surface area contributed by atoms with Crippen LogP contribution in [0.5, 0.6) is 0 Å². The lowest BCUT2D eigenvalue weighted by atomic mass is 10.4. The molecule has 0 fully saturated rings. The number of aromatic amines is 1. The number of aromatic nitrogens is 3. The Morgan fingerprint density at radius 1 is 1.54 bits per heavy atom. The van der Waals surface area contributed by atoms with Crippen molar-refractivity contribution in [2.24, 2.45) is 0 Å². The smallest absolute Gasteiger partial charge is 0.156 e. The molecule has 1 N–H and O–H groups in total. The first-order valence-corrected chi connectivity index (χ1v) is 4.87. The van der Waals surface area contributed by atoms with E-state index in [-0.39, 0.29) is 0 Å². The number of nitrogens with one attached hydrogen (secondary N) is 1. The van der Waals surface area contributed by atoms with Gasteiger partial charge in [-0.15, -0.1) is 0 Å². The van der Waals surface area contributed by atoms with Gasteiger partial charge in [0.25, 0.3) is 0 Å². The normalized spacial score (nSPS) is 9.62. The second-order valence-corrected chi connectivity index (χ2v) is 2.96. The molecule has 0 amide bonds. The van der Waals surface area contributed by atoms with E-state index < -0.39 is 0 Å². The van der Waals surface area contributed by atoms with Crippen molar-refractivity contribution in [2.45, 2.75) is 0 Å². The summed E-state index contributed by atoms with van der Waals surface area (Å²) in [6, 6.07) is 1.88. The van der Waals surface area contributed by atoms with Crippen molar-refractivity contribution >= 4 is 27.1 Å². The van der Waals surface area contributed by atoms with Crippen LogP contribution in [0.4, 0.5) is 0 Å². The van der Waals surface area contributed by atoms with Crippen molar-refractivity contribution < 1.29 is 0 Å². The molecule has 0 bridgehead atoms. The molecule has 2 aromatic rings. The molecular weight excluding hydrogens is 230 g/mol. The maximum absolute atomic E-state index is 4.28. The highest BCUT2D eigenvalue weighted by Gasteiger charge is 1.96. The van der Waals surface area contributed by atoms with Crippen molar-refractivity contribution in [3.63, 3.8) is 0 Å². The number of rotatable bonds is 0. The minimum Gasteiger partial charge on any atom is -0.345 e. The Hall–Kier alpha value is -1.34. The summed E-state index contributed by atoms with van der Waals surface area (Å²) >= 11 is 3.22. The van der Waals surface area contributed by atoms with E-state index in [2.05, 4.69) is 42.7 Å². The van der Waals surface area contributed by atoms with Gasteiger partial charge in [0.15, 0.2) is 5.65 Å². The SMILES string of the molecule is BrCC#Cc1cnc2[nH]ccc2n1. The number of halogens is 1. The number of hydrogen-bond acceptors (Lipinski definition) is 2. The predicted octanol–water partition coefficient (Wildman–Crippen LogP) is 1.70. The molecule has 0 aliphatic carbocycles. The molecule has 0 unspecified atom stereocenters. The summed E-state index contributed by atoms with van der Waals surface area (Å²) in [5.74, 6) is 5.77. The van der Waals surface area contributed by atoms with Crippen molar-refractivity contribution in [1.29, 1.82) is 0 Å². The van der Waals surface area contributed by atoms with Crippen LogP contribution < -0.4 is 0 Å². The first-order valence-electron chi connectivity index (χ1n) is 3.75. The predicted molar refractivity (Wildman–Crippen MR) is 54.6 cm³/mol. The van der Waals surface area contributed by atoms with Gasteiger partial charge in [-0.2, -0.15) is 0 Å². The number of fused-ring (bicyclic) bond motifs is 1. The zero-order valence-electron chi connectivity index (χ0n) is 6.71. The molecule has 3 nitrogen and oxygen atoms in total. The van der Waals surface area contributed by atoms with Crippen LogP contribution >= 0.6 is 15.9 Å². The molecule has 0 atom stereocenters. The van der Waals surface area contributed by atoms with Crippen LogP contribution in [0.3, 0.4) is 0 Å². The molecule has 0 aromatic carbocycles. The van der Waals surface area contributed by atoms with E-state index in [0.29, 0.717) is 11.0 Å². The average molecular weight is 236 g/mol. The second-order valence-electron chi connectivity index (χ2n) is 2.40. The standard InChI is InChI=1S/C9H6BrN3/c10-4-1-2-7-6-12-9-8(13-7)3-5-11-9/h3,5-6H,4H2,(H,11,12). The van der Waals surface area contributed by atoms with Crippen LogP contribution in [-0.2, 0) is 0 Å². The summed E-state index contributed by atoms with van der Waals surface area (Å²) in [7, 11) is 0. The van der Waals surface area contributed by atoms with E-state index in [0.717, 1.165) is 11.2 Å². The highest BCUT2D eigenvalue weighted by Crippen LogP contribution is 2.05. The molecule has 0 spiro atoms. The van der Waals surface area contributed by atoms with Crippen molar-refractivity contribution in [3.05, 3.63) is 24.2 Å². The van der Waals surface area contributed by atoms with E-state index >= 15 is 0 Å². The first kappa shape index (κ1) is 8.27. The van der Waals surface area contributed by atoms with Gasteiger partial charge < -0.3 is 4.98 Å². The van der Waals surface area contributed by atoms with Gasteiger partial charge in [-0.05, 0) is 12.0 Å². The van der Waals surface area contributed by atoms with Gasteiger partial charge in [0, 0.05) is 6.20 Å². The van der Waals surface area contributed by atoms with Gasteiger partial charge in [0.05, 0.1) is 11.5 Å². The van der Waals surface area contributed by atoms with Crippen LogP contribution in [0.25, 0.3) is 11.2 Å². The molecule has 0 aliphatic rings. The largest absolute Gasteiger partial charge is 0.345 e. The van der Waals surface area contributed by atoms with Crippen LogP contribution in [0, 0.1) is 11.8 Å². The molecule has 0 aliphatic heterocycles. The van der Waals surface area contributed by atoms with Gasteiger partial charge in [-0.1, -0.05) is 21.9 Å². The van der Waals surface area contributed by atoms with Gasteiger partial charge in [-0.25, -0.2) is 9.97 Å². The Balaban J connectivity index is 2.48. The molecule has 2 heterocycles. The molecule has 64 valence electrons. The number of H-pyrrole nitrogens is 1. The Labute approximate surface area is 83.7 Å². The lowest BCUT2D eigenvalue weighted by Gasteiger charge is -1.89. The summed E-state index contributed by atoms with van der Waals surface area (Å²) in [6.07, 6.45) is 3.47. The zero-order valence-corrected chi connectivity index (χ0v) is 8.30. The number of hydrogen-bond donors (Lipinski definition) is 1. The minimum atomic E-state index is 0.653. The maximum Gasteiger partial charge on any atom is 0.156 e. The third kappa shape index (κ3) is 1.70. The van der Waals surface area contributed by atoms with E-state index in [1.807, 2.05) is 12.3 Å². The maximum atomic E-state index is 4.28. The van der Waals surface area contributed by atoms with Crippen LogP contribution in [0.15, 0.2) is 18.5 Å². The lowest BCUT2D eigenvalue weighted by molar-refractivity contribution is 1.24. The number of alkyl halides is 1. The van der Waals surface area contributed by atoms with Gasteiger partial charge in [-0.3, -0.25) is 0 Å². The first-order chi connectivity index (χ1) is 6.40. The molecule has 4 heteroatoms. The summed E-state index contributed by atoms with van der Waals surface area (Å²) in [4.78, 5) is 11.4. The van der Waals surface area contributed by atoms with Crippen LogP contribution in [-0.4, -0.2) is 20.3 Å². The molecular formula is C9H6BrN3. The van der Waals surface area contributed by atoms with E-state index in [1.54, 1.807) is 6.20 Å². The van der Waals surface area contributed by atoms with E-state index in [1.165, 1.54) is 0 Å². The summed E-state index contributed by atoms with van der Waals surface area (Å²) in [5.41, 5.74) is 2.34. The fraction of sp³-hybridized carbons (Fsp3) is 0.111. The zero-order chi connectivity index (χ0) is 9.10. The van der Waals surface area contributed by atoms with Gasteiger partial charge in [0.2, 0.25) is 0 Å². The quantitative estimate of drug-likeness (QED) is 0.558. The Bertz CT molecular complexity index is 478. The molecule has 0 saturated heterocycles. The fourth-order valence-electron chi connectivity index (χ4n) is 1.01. The van der Waals surface area contributed by atoms with Crippen molar-refractivity contribution in [1.82, 2.24) is 15.0 Å². The molecule has 13 heavy (non-hydrogen) atoms. The topological polar surface area (TPSA) is 41.6 Å². The monoisotopic (exact) mass is 235 g/mol. The molecule has 0 saturated carbocycles. The van der Waals surface area contributed by atoms with Crippen LogP contribution in [0.1, 0.15) is 5.69 Å². The van der Waals surface area contributed by atoms with E-state index in [4.69, 9.17) is 0 Å². The second kappa shape index (κ2) is 3.58. The van der Waals surface area contributed by atoms with Crippen molar-refractivity contribution in [3.8, 4) is 11.8 Å². The Morgan fingerprint density at radius 2 is 2.46 bits per heavy atom. The minimum absolute atomic E-state index is 0.653. The third-order valence-electron chi connectivity index (χ3n) is 1.54. The summed E-state index contributed by atoms with van der Waals surface area (Å²) in [6.45, 7) is 0. The fourth-order valence-corrected chi connectivity index (χ4v) is 1.15. The summed E-state index contributed by atoms with van der Waals surface area (Å²) in [5, 5.41) is 0.653. The molecule has 2 rings (SSSR count). The van der Waals surface area contributed by atoms with E-state index in [9.17, 15) is 0 Å². The highest BCUT2D eigenvalue weighted by atomic mass is 79.9. The molecule has 2 aromatic heterocycles.